The quantitative estimate of drug-likeness (QED) is 0.732. The van der Waals surface area contributed by atoms with Crippen LogP contribution < -0.4 is 5.32 Å². The van der Waals surface area contributed by atoms with Gasteiger partial charge in [0.25, 0.3) is 0 Å². The summed E-state index contributed by atoms with van der Waals surface area (Å²) in [5, 5.41) is 3.03. The maximum absolute atomic E-state index is 12.6. The van der Waals surface area contributed by atoms with E-state index in [9.17, 15) is 4.39 Å². The predicted octanol–water partition coefficient (Wildman–Crippen LogP) is 0.978. The van der Waals surface area contributed by atoms with Crippen LogP contribution in [0.5, 0.6) is 0 Å². The van der Waals surface area contributed by atoms with Gasteiger partial charge in [0.1, 0.15) is 12.1 Å². The minimum absolute atomic E-state index is 0.369. The van der Waals surface area contributed by atoms with Crippen molar-refractivity contribution in [3.63, 3.8) is 0 Å². The Morgan fingerprint density at radius 1 is 1.50 bits per heavy atom. The van der Waals surface area contributed by atoms with E-state index < -0.39 is 5.95 Å². The summed E-state index contributed by atoms with van der Waals surface area (Å²) in [5.74, 6) is 0.00575. The molecule has 1 unspecified atom stereocenters. The van der Waals surface area contributed by atoms with Gasteiger partial charge in [0.15, 0.2) is 0 Å². The fourth-order valence-corrected chi connectivity index (χ4v) is 0.865. The Morgan fingerprint density at radius 3 is 2.79 bits per heavy atom. The molecule has 78 valence electrons. The number of hydrogen-bond donors (Lipinski definition) is 1. The second kappa shape index (κ2) is 4.85. The van der Waals surface area contributed by atoms with Gasteiger partial charge in [0, 0.05) is 18.7 Å². The zero-order valence-corrected chi connectivity index (χ0v) is 8.66. The van der Waals surface area contributed by atoms with Crippen LogP contribution in [0.1, 0.15) is 6.92 Å². The third-order valence-corrected chi connectivity index (χ3v) is 2.09. The lowest BCUT2D eigenvalue weighted by molar-refractivity contribution is 0.326. The molecule has 14 heavy (non-hydrogen) atoms. The van der Waals surface area contributed by atoms with Gasteiger partial charge in [-0.1, -0.05) is 0 Å². The van der Waals surface area contributed by atoms with Crippen LogP contribution >= 0.6 is 0 Å². The van der Waals surface area contributed by atoms with Gasteiger partial charge in [-0.15, -0.1) is 0 Å². The minimum Gasteiger partial charge on any atom is -0.368 e. The van der Waals surface area contributed by atoms with Gasteiger partial charge >= 0.3 is 0 Å². The average Bonchev–Trinajstić information content (AvgIpc) is 2.14. The lowest BCUT2D eigenvalue weighted by Crippen LogP contribution is -2.31. The van der Waals surface area contributed by atoms with Crippen molar-refractivity contribution in [1.29, 1.82) is 0 Å². The summed E-state index contributed by atoms with van der Waals surface area (Å²) < 4.78 is 12.6. The van der Waals surface area contributed by atoms with Gasteiger partial charge in [-0.2, -0.15) is 4.39 Å². The first-order valence-corrected chi connectivity index (χ1v) is 4.47. The molecule has 4 nitrogen and oxygen atoms in total. The zero-order valence-electron chi connectivity index (χ0n) is 8.66. The largest absolute Gasteiger partial charge is 0.368 e. The molecule has 0 aliphatic heterocycles. The van der Waals surface area contributed by atoms with Gasteiger partial charge < -0.3 is 10.2 Å². The number of rotatable bonds is 4. The molecule has 0 saturated carbocycles. The van der Waals surface area contributed by atoms with Crippen molar-refractivity contribution < 1.29 is 4.39 Å². The Morgan fingerprint density at radius 2 is 2.21 bits per heavy atom. The molecular weight excluding hydrogens is 183 g/mol. The number of anilines is 1. The third-order valence-electron chi connectivity index (χ3n) is 2.09. The summed E-state index contributed by atoms with van der Waals surface area (Å²) in [7, 11) is 3.99. The first-order chi connectivity index (χ1) is 6.59. The lowest BCUT2D eigenvalue weighted by atomic mass is 10.3. The lowest BCUT2D eigenvalue weighted by Gasteiger charge is -2.20. The van der Waals surface area contributed by atoms with Crippen LogP contribution in [-0.4, -0.2) is 41.5 Å². The Kier molecular flexibility index (Phi) is 3.76. The van der Waals surface area contributed by atoms with E-state index in [2.05, 4.69) is 27.1 Å². The van der Waals surface area contributed by atoms with Crippen LogP contribution in [0, 0.1) is 5.95 Å². The molecule has 0 fully saturated rings. The van der Waals surface area contributed by atoms with E-state index in [0.717, 1.165) is 6.54 Å². The molecule has 5 heteroatoms. The van der Waals surface area contributed by atoms with E-state index in [-0.39, 0.29) is 0 Å². The highest BCUT2D eigenvalue weighted by Gasteiger charge is 2.04. The molecule has 0 amide bonds. The molecule has 0 spiro atoms. The third kappa shape index (κ3) is 3.26. The van der Waals surface area contributed by atoms with Crippen molar-refractivity contribution in [2.45, 2.75) is 13.0 Å². The van der Waals surface area contributed by atoms with Crippen molar-refractivity contribution in [2.24, 2.45) is 0 Å². The fourth-order valence-electron chi connectivity index (χ4n) is 0.865. The molecule has 1 aromatic heterocycles. The Bertz CT molecular complexity index is 290. The van der Waals surface area contributed by atoms with Crippen LogP contribution in [-0.2, 0) is 0 Å². The number of halogens is 1. The molecule has 1 N–H and O–H groups in total. The molecule has 0 saturated heterocycles. The fraction of sp³-hybridized carbons (Fsp3) is 0.556. The molecule has 0 radical (unpaired) electrons. The van der Waals surface area contributed by atoms with Crippen molar-refractivity contribution in [1.82, 2.24) is 14.9 Å². The molecule has 1 aromatic rings. The molecule has 1 rings (SSSR count). The van der Waals surface area contributed by atoms with Gasteiger partial charge in [-0.3, -0.25) is 0 Å². The molecule has 0 aliphatic rings. The molecule has 0 aliphatic carbocycles. The van der Waals surface area contributed by atoms with E-state index in [4.69, 9.17) is 0 Å². The summed E-state index contributed by atoms with van der Waals surface area (Å²) in [6.45, 7) is 2.80. The normalized spacial score (nSPS) is 12.9. The molecule has 1 atom stereocenters. The van der Waals surface area contributed by atoms with Crippen LogP contribution in [0.15, 0.2) is 12.4 Å². The number of aromatic nitrogens is 2. The van der Waals surface area contributed by atoms with E-state index >= 15 is 0 Å². The second-order valence-corrected chi connectivity index (χ2v) is 3.42. The highest BCUT2D eigenvalue weighted by atomic mass is 19.1. The van der Waals surface area contributed by atoms with Crippen molar-refractivity contribution >= 4 is 5.82 Å². The number of nitrogens with zero attached hydrogens (tertiary/aromatic N) is 3. The van der Waals surface area contributed by atoms with E-state index in [1.807, 2.05) is 14.1 Å². The summed E-state index contributed by atoms with van der Waals surface area (Å²) >= 11 is 0. The predicted molar refractivity (Wildman–Crippen MR) is 53.6 cm³/mol. The smallest absolute Gasteiger partial charge is 0.217 e. The van der Waals surface area contributed by atoms with Crippen LogP contribution in [0.4, 0.5) is 10.2 Å². The highest BCUT2D eigenvalue weighted by Crippen LogP contribution is 2.02. The van der Waals surface area contributed by atoms with Crippen LogP contribution in [0.2, 0.25) is 0 Å². The highest BCUT2D eigenvalue weighted by molar-refractivity contribution is 5.32. The maximum Gasteiger partial charge on any atom is 0.217 e. The number of hydrogen-bond acceptors (Lipinski definition) is 4. The summed E-state index contributed by atoms with van der Waals surface area (Å²) in [5.41, 5.74) is 0. The van der Waals surface area contributed by atoms with Gasteiger partial charge in [-0.25, -0.2) is 9.97 Å². The first kappa shape index (κ1) is 10.8. The minimum atomic E-state index is -0.514. The van der Waals surface area contributed by atoms with Gasteiger partial charge in [0.2, 0.25) is 5.95 Å². The summed E-state index contributed by atoms with van der Waals surface area (Å²) in [6.07, 6.45) is 1.21. The monoisotopic (exact) mass is 198 g/mol. The van der Waals surface area contributed by atoms with Gasteiger partial charge in [0.05, 0.1) is 0 Å². The van der Waals surface area contributed by atoms with E-state index in [0.29, 0.717) is 11.9 Å². The second-order valence-electron chi connectivity index (χ2n) is 3.42. The molecule has 1 heterocycles. The Hall–Kier alpha value is -1.23. The average molecular weight is 198 g/mol. The van der Waals surface area contributed by atoms with E-state index in [1.54, 1.807) is 0 Å². The van der Waals surface area contributed by atoms with Crippen molar-refractivity contribution in [2.75, 3.05) is 26.0 Å². The first-order valence-electron chi connectivity index (χ1n) is 4.47. The number of nitrogens with one attached hydrogen (secondary N) is 1. The maximum atomic E-state index is 12.6. The SMILES string of the molecule is CC(CNc1cc(F)ncn1)N(C)C. The van der Waals surface area contributed by atoms with Crippen LogP contribution in [0.3, 0.4) is 0 Å². The van der Waals surface area contributed by atoms with Crippen molar-refractivity contribution in [3.05, 3.63) is 18.3 Å². The van der Waals surface area contributed by atoms with Crippen molar-refractivity contribution in [3.8, 4) is 0 Å². The Balaban J connectivity index is 2.45. The summed E-state index contributed by atoms with van der Waals surface area (Å²) in [4.78, 5) is 9.34. The molecular formula is C9H15FN4. The zero-order chi connectivity index (χ0) is 10.6. The topological polar surface area (TPSA) is 41.1 Å². The summed E-state index contributed by atoms with van der Waals surface area (Å²) in [6, 6.07) is 1.65. The van der Waals surface area contributed by atoms with E-state index in [1.165, 1.54) is 12.4 Å². The standard InChI is InChI=1S/C9H15FN4/c1-7(14(2)3)5-11-9-4-8(10)12-6-13-9/h4,6-7H,5H2,1-3H3,(H,11,12,13). The van der Waals surface area contributed by atoms with Gasteiger partial charge in [-0.05, 0) is 21.0 Å². The number of likely N-dealkylation sites (N-methyl/N-ethyl adjacent to an activating group) is 1. The Labute approximate surface area is 83.2 Å². The van der Waals surface area contributed by atoms with Crippen LogP contribution in [0.25, 0.3) is 0 Å². The molecule has 0 aromatic carbocycles. The molecule has 0 bridgehead atoms.